The largest absolute Gasteiger partial charge is 0.465 e. The Morgan fingerprint density at radius 3 is 2.78 bits per heavy atom. The number of piperidine rings is 1. The number of aromatic nitrogens is 2. The molecule has 1 N–H and O–H groups in total. The van der Waals surface area contributed by atoms with Gasteiger partial charge in [-0.3, -0.25) is 4.79 Å². The summed E-state index contributed by atoms with van der Waals surface area (Å²) in [7, 11) is 1.30. The molecular weight excluding hydrogens is 416 g/mol. The molecule has 10 heteroatoms. The number of esters is 1. The number of hydrogen-bond donors (Lipinski definition) is 1. The summed E-state index contributed by atoms with van der Waals surface area (Å²) in [5, 5.41) is 1.07. The number of ether oxygens (including phenoxy) is 1. The van der Waals surface area contributed by atoms with Crippen molar-refractivity contribution < 1.29 is 18.7 Å². The number of aryl methyl sites for hydroxylation is 1. The van der Waals surface area contributed by atoms with Gasteiger partial charge in [0.15, 0.2) is 10.9 Å². The number of rotatable bonds is 5. The Morgan fingerprint density at radius 1 is 1.44 bits per heavy atom. The second kappa shape index (κ2) is 8.16. The minimum absolute atomic E-state index is 0.0519. The molecule has 0 saturated carbocycles. The molecular formula is C17H18Cl2FN3O3S. The van der Waals surface area contributed by atoms with E-state index in [0.717, 1.165) is 11.3 Å². The van der Waals surface area contributed by atoms with Crippen LogP contribution in [0.2, 0.25) is 10.0 Å². The van der Waals surface area contributed by atoms with E-state index in [1.54, 1.807) is 11.8 Å². The molecule has 1 aliphatic heterocycles. The molecule has 146 valence electrons. The predicted octanol–water partition coefficient (Wildman–Crippen LogP) is 4.31. The van der Waals surface area contributed by atoms with Gasteiger partial charge in [-0.1, -0.05) is 34.5 Å². The highest BCUT2D eigenvalue weighted by molar-refractivity contribution is 7.17. The fourth-order valence-corrected chi connectivity index (χ4v) is 4.37. The summed E-state index contributed by atoms with van der Waals surface area (Å²) in [6.07, 6.45) is 0.772. The zero-order chi connectivity index (χ0) is 19.7. The van der Waals surface area contributed by atoms with Gasteiger partial charge in [-0.15, -0.1) is 0 Å². The third kappa shape index (κ3) is 4.12. The first-order valence-corrected chi connectivity index (χ1v) is 9.89. The van der Waals surface area contributed by atoms with Gasteiger partial charge in [0.2, 0.25) is 0 Å². The van der Waals surface area contributed by atoms with Crippen LogP contribution < -0.4 is 4.90 Å². The average Bonchev–Trinajstić information content (AvgIpc) is 3.24. The highest BCUT2D eigenvalue weighted by Gasteiger charge is 2.33. The third-order valence-corrected chi connectivity index (χ3v) is 6.59. The summed E-state index contributed by atoms with van der Waals surface area (Å²) in [6.45, 7) is 2.38. The standard InChI is InChI=1S/C17H18Cl2FN3O3S/c1-8-13(18)14(19)15(22-8)11(24)5-9-3-4-23(7-10(9)20)17-21-6-12(27-17)16(25)26-2/h6,9-10,22H,3-5,7H2,1-2H3. The second-order valence-corrected chi connectivity index (χ2v) is 8.15. The predicted molar refractivity (Wildman–Crippen MR) is 103 cm³/mol. The van der Waals surface area contributed by atoms with Crippen LogP contribution in [0.15, 0.2) is 6.20 Å². The number of aromatic amines is 1. The molecule has 1 fully saturated rings. The highest BCUT2D eigenvalue weighted by Crippen LogP contribution is 2.34. The van der Waals surface area contributed by atoms with Crippen molar-refractivity contribution in [2.24, 2.45) is 5.92 Å². The maximum atomic E-state index is 14.7. The van der Waals surface area contributed by atoms with Gasteiger partial charge >= 0.3 is 5.97 Å². The van der Waals surface area contributed by atoms with Gasteiger partial charge in [0.1, 0.15) is 16.7 Å². The lowest BCUT2D eigenvalue weighted by Crippen LogP contribution is -2.42. The summed E-state index contributed by atoms with van der Waals surface area (Å²) < 4.78 is 19.4. The summed E-state index contributed by atoms with van der Waals surface area (Å²) in [5.41, 5.74) is 0.846. The van der Waals surface area contributed by atoms with E-state index in [4.69, 9.17) is 23.2 Å². The van der Waals surface area contributed by atoms with Gasteiger partial charge in [0, 0.05) is 24.6 Å². The topological polar surface area (TPSA) is 75.3 Å². The number of halogens is 3. The maximum absolute atomic E-state index is 14.7. The molecule has 0 spiro atoms. The van der Waals surface area contributed by atoms with Crippen molar-refractivity contribution in [3.8, 4) is 0 Å². The van der Waals surface area contributed by atoms with Gasteiger partial charge in [-0.2, -0.15) is 0 Å². The van der Waals surface area contributed by atoms with Crippen LogP contribution >= 0.6 is 34.5 Å². The summed E-state index contributed by atoms with van der Waals surface area (Å²) in [6, 6.07) is 0. The van der Waals surface area contributed by atoms with E-state index in [0.29, 0.717) is 33.7 Å². The lowest BCUT2D eigenvalue weighted by Gasteiger charge is -2.34. The Hall–Kier alpha value is -1.64. The number of carbonyl (C=O) groups excluding carboxylic acids is 2. The molecule has 1 saturated heterocycles. The van der Waals surface area contributed by atoms with Crippen LogP contribution in [0.1, 0.15) is 38.7 Å². The van der Waals surface area contributed by atoms with Crippen molar-refractivity contribution in [1.82, 2.24) is 9.97 Å². The maximum Gasteiger partial charge on any atom is 0.349 e. The summed E-state index contributed by atoms with van der Waals surface area (Å²) in [4.78, 5) is 33.2. The molecule has 6 nitrogen and oxygen atoms in total. The molecule has 0 radical (unpaired) electrons. The van der Waals surface area contributed by atoms with Gasteiger partial charge in [0.05, 0.1) is 29.9 Å². The number of Topliss-reactive ketones (excluding diaryl/α,β-unsaturated/α-hetero) is 1. The minimum atomic E-state index is -1.20. The van der Waals surface area contributed by atoms with Crippen LogP contribution in [0.25, 0.3) is 0 Å². The zero-order valence-electron chi connectivity index (χ0n) is 14.7. The Kier molecular flexibility index (Phi) is 6.08. The molecule has 3 rings (SSSR count). The average molecular weight is 434 g/mol. The fourth-order valence-electron chi connectivity index (χ4n) is 3.07. The number of carbonyl (C=O) groups is 2. The number of H-pyrrole nitrogens is 1. The fraction of sp³-hybridized carbons (Fsp3) is 0.471. The van der Waals surface area contributed by atoms with E-state index in [9.17, 15) is 14.0 Å². The van der Waals surface area contributed by atoms with Crippen molar-refractivity contribution in [3.63, 3.8) is 0 Å². The first-order valence-electron chi connectivity index (χ1n) is 8.31. The van der Waals surface area contributed by atoms with Crippen LogP contribution in [0.3, 0.4) is 0 Å². The van der Waals surface area contributed by atoms with E-state index in [2.05, 4.69) is 14.7 Å². The van der Waals surface area contributed by atoms with Crippen LogP contribution in [0, 0.1) is 12.8 Å². The molecule has 2 unspecified atom stereocenters. The smallest absolute Gasteiger partial charge is 0.349 e. The van der Waals surface area contributed by atoms with E-state index >= 15 is 0 Å². The summed E-state index contributed by atoms with van der Waals surface area (Å²) >= 11 is 13.2. The third-order valence-electron chi connectivity index (χ3n) is 4.61. The lowest BCUT2D eigenvalue weighted by atomic mass is 9.89. The molecule has 0 aliphatic carbocycles. The second-order valence-electron chi connectivity index (χ2n) is 6.39. The monoisotopic (exact) mass is 433 g/mol. The molecule has 0 amide bonds. The number of methoxy groups -OCH3 is 1. The molecule has 2 aromatic rings. The number of thiazole rings is 1. The van der Waals surface area contributed by atoms with Crippen LogP contribution in [-0.4, -0.2) is 48.1 Å². The van der Waals surface area contributed by atoms with Gasteiger partial charge in [-0.05, 0) is 13.3 Å². The van der Waals surface area contributed by atoms with E-state index in [1.807, 2.05) is 0 Å². The lowest BCUT2D eigenvalue weighted by molar-refractivity contribution is 0.0606. The molecule has 2 aromatic heterocycles. The molecule has 27 heavy (non-hydrogen) atoms. The number of alkyl halides is 1. The number of ketones is 1. The molecule has 2 atom stereocenters. The van der Waals surface area contributed by atoms with Gasteiger partial charge in [0.25, 0.3) is 0 Å². The van der Waals surface area contributed by atoms with Crippen molar-refractivity contribution in [1.29, 1.82) is 0 Å². The first kappa shape index (κ1) is 20.1. The first-order chi connectivity index (χ1) is 12.8. The molecule has 1 aliphatic rings. The number of hydrogen-bond acceptors (Lipinski definition) is 6. The van der Waals surface area contributed by atoms with E-state index in [1.165, 1.54) is 13.3 Å². The van der Waals surface area contributed by atoms with Gasteiger partial charge in [-0.25, -0.2) is 14.2 Å². The Bertz CT molecular complexity index is 870. The summed E-state index contributed by atoms with van der Waals surface area (Å²) in [5.74, 6) is -1.13. The highest BCUT2D eigenvalue weighted by atomic mass is 35.5. The van der Waals surface area contributed by atoms with Crippen molar-refractivity contribution >= 4 is 51.4 Å². The van der Waals surface area contributed by atoms with Gasteiger partial charge < -0.3 is 14.6 Å². The quantitative estimate of drug-likeness (QED) is 0.561. The van der Waals surface area contributed by atoms with Crippen LogP contribution in [-0.2, 0) is 4.74 Å². The normalized spacial score (nSPS) is 20.0. The van der Waals surface area contributed by atoms with Crippen molar-refractivity contribution in [3.05, 3.63) is 32.5 Å². The van der Waals surface area contributed by atoms with E-state index in [-0.39, 0.29) is 29.5 Å². The van der Waals surface area contributed by atoms with Crippen molar-refractivity contribution in [2.45, 2.75) is 25.9 Å². The Balaban J connectivity index is 1.63. The Morgan fingerprint density at radius 2 is 2.19 bits per heavy atom. The minimum Gasteiger partial charge on any atom is -0.465 e. The Labute approximate surface area is 169 Å². The van der Waals surface area contributed by atoms with Crippen molar-refractivity contribution in [2.75, 3.05) is 25.1 Å². The molecule has 0 aromatic carbocycles. The molecule has 0 bridgehead atoms. The number of nitrogens with zero attached hydrogens (tertiary/aromatic N) is 2. The zero-order valence-corrected chi connectivity index (χ0v) is 17.1. The number of anilines is 1. The molecule has 3 heterocycles. The SMILES string of the molecule is COC(=O)c1cnc(N2CCC(CC(=O)c3[nH]c(C)c(Cl)c3Cl)C(F)C2)s1. The van der Waals surface area contributed by atoms with E-state index < -0.39 is 18.1 Å². The number of nitrogens with one attached hydrogen (secondary N) is 1. The van der Waals surface area contributed by atoms with Crippen LogP contribution in [0.5, 0.6) is 0 Å². The van der Waals surface area contributed by atoms with Crippen LogP contribution in [0.4, 0.5) is 9.52 Å².